The van der Waals surface area contributed by atoms with Crippen LogP contribution >= 0.6 is 12.4 Å². The van der Waals surface area contributed by atoms with Crippen molar-refractivity contribution in [3.05, 3.63) is 11.5 Å². The number of nitrogens with one attached hydrogen (secondary N) is 2. The normalized spacial score (nSPS) is 20.3. The Hall–Kier alpha value is -1.16. The van der Waals surface area contributed by atoms with Gasteiger partial charge in [-0.2, -0.15) is 4.72 Å². The Morgan fingerprint density at radius 1 is 1.24 bits per heavy atom. The highest BCUT2D eigenvalue weighted by Gasteiger charge is 2.47. The van der Waals surface area contributed by atoms with E-state index in [1.807, 2.05) is 0 Å². The third-order valence-corrected chi connectivity index (χ3v) is 6.62. The highest BCUT2D eigenvalue weighted by atomic mass is 35.5. The fraction of sp³-hybridized carbons (Fsp3) is 0.733. The van der Waals surface area contributed by atoms with Crippen molar-refractivity contribution in [2.45, 2.75) is 50.0 Å². The van der Waals surface area contributed by atoms with Crippen molar-refractivity contribution in [2.24, 2.45) is 0 Å². The van der Waals surface area contributed by atoms with E-state index >= 15 is 0 Å². The fourth-order valence-electron chi connectivity index (χ4n) is 3.68. The van der Waals surface area contributed by atoms with Crippen molar-refractivity contribution in [2.75, 3.05) is 26.2 Å². The number of aromatic nitrogens is 1. The van der Waals surface area contributed by atoms with E-state index < -0.39 is 15.6 Å². The molecule has 2 heterocycles. The molecule has 25 heavy (non-hydrogen) atoms. The third-order valence-electron chi connectivity index (χ3n) is 4.84. The molecule has 0 aromatic carbocycles. The van der Waals surface area contributed by atoms with E-state index in [2.05, 4.69) is 15.2 Å². The Bertz CT molecular complexity index is 702. The molecule has 0 atom stereocenters. The standard InChI is InChI=1S/C15H24N4O4S.ClH/c1-11-13(12(2)23-17-11)24(21,22)18-15(5-3-4-6-15)14(20)19-9-7-16-8-10-19;/h16,18H,3-10H2,1-2H3;1H. The first-order valence-electron chi connectivity index (χ1n) is 8.33. The summed E-state index contributed by atoms with van der Waals surface area (Å²) in [5.74, 6) is 0.125. The number of hydrogen-bond donors (Lipinski definition) is 2. The molecule has 2 fully saturated rings. The molecular weight excluding hydrogens is 368 g/mol. The van der Waals surface area contributed by atoms with Crippen molar-refractivity contribution in [3.8, 4) is 0 Å². The predicted octanol–water partition coefficient (Wildman–Crippen LogP) is 0.736. The zero-order chi connectivity index (χ0) is 17.4. The van der Waals surface area contributed by atoms with Crippen LogP contribution in [0.25, 0.3) is 0 Å². The second-order valence-corrected chi connectivity index (χ2v) is 8.21. The van der Waals surface area contributed by atoms with Gasteiger partial charge in [-0.25, -0.2) is 8.42 Å². The zero-order valence-electron chi connectivity index (χ0n) is 14.5. The number of carbonyl (C=O) groups excluding carboxylic acids is 1. The van der Waals surface area contributed by atoms with E-state index in [0.717, 1.165) is 25.9 Å². The second kappa shape index (κ2) is 7.61. The molecule has 0 bridgehead atoms. The molecule has 2 N–H and O–H groups in total. The van der Waals surface area contributed by atoms with Gasteiger partial charge in [0.1, 0.15) is 16.1 Å². The Morgan fingerprint density at radius 3 is 2.36 bits per heavy atom. The van der Waals surface area contributed by atoms with E-state index in [1.54, 1.807) is 18.7 Å². The molecule has 142 valence electrons. The quantitative estimate of drug-likeness (QED) is 0.782. The van der Waals surface area contributed by atoms with E-state index in [1.165, 1.54) is 0 Å². The van der Waals surface area contributed by atoms with Crippen LogP contribution < -0.4 is 10.0 Å². The summed E-state index contributed by atoms with van der Waals surface area (Å²) in [4.78, 5) is 14.9. The first-order valence-corrected chi connectivity index (χ1v) is 9.81. The van der Waals surface area contributed by atoms with Crippen LogP contribution in [-0.2, 0) is 14.8 Å². The molecule has 1 amide bonds. The summed E-state index contributed by atoms with van der Waals surface area (Å²) in [5.41, 5.74) is -0.741. The molecule has 10 heteroatoms. The van der Waals surface area contributed by atoms with Gasteiger partial charge in [-0.1, -0.05) is 18.0 Å². The maximum atomic E-state index is 13.1. The summed E-state index contributed by atoms with van der Waals surface area (Å²) in [6.45, 7) is 5.83. The number of rotatable bonds is 4. The molecule has 1 saturated carbocycles. The monoisotopic (exact) mass is 392 g/mol. The Kier molecular flexibility index (Phi) is 6.13. The molecular formula is C15H25ClN4O4S. The van der Waals surface area contributed by atoms with Crippen LogP contribution in [0.3, 0.4) is 0 Å². The molecule has 0 unspecified atom stereocenters. The lowest BCUT2D eigenvalue weighted by Gasteiger charge is -2.36. The molecule has 1 aliphatic heterocycles. The Labute approximate surface area is 154 Å². The maximum Gasteiger partial charge on any atom is 0.246 e. The fourth-order valence-corrected chi connectivity index (χ4v) is 5.43. The molecule has 3 rings (SSSR count). The van der Waals surface area contributed by atoms with Crippen LogP contribution in [0.1, 0.15) is 37.1 Å². The van der Waals surface area contributed by atoms with Gasteiger partial charge in [0.25, 0.3) is 0 Å². The number of nitrogens with zero attached hydrogens (tertiary/aromatic N) is 2. The number of piperazine rings is 1. The van der Waals surface area contributed by atoms with Crippen molar-refractivity contribution in [1.82, 2.24) is 20.1 Å². The topological polar surface area (TPSA) is 105 Å². The highest BCUT2D eigenvalue weighted by molar-refractivity contribution is 7.89. The van der Waals surface area contributed by atoms with Gasteiger partial charge in [0.2, 0.25) is 15.9 Å². The average molecular weight is 393 g/mol. The Balaban J connectivity index is 0.00000225. The van der Waals surface area contributed by atoms with Crippen LogP contribution in [0, 0.1) is 13.8 Å². The molecule has 8 nitrogen and oxygen atoms in total. The van der Waals surface area contributed by atoms with E-state index in [-0.39, 0.29) is 29.0 Å². The summed E-state index contributed by atoms with van der Waals surface area (Å²) in [6.07, 6.45) is 2.72. The molecule has 2 aliphatic rings. The number of amides is 1. The minimum Gasteiger partial charge on any atom is -0.360 e. The van der Waals surface area contributed by atoms with Gasteiger partial charge in [-0.15, -0.1) is 12.4 Å². The van der Waals surface area contributed by atoms with Crippen molar-refractivity contribution >= 4 is 28.3 Å². The molecule has 0 spiro atoms. The number of hydrogen-bond acceptors (Lipinski definition) is 6. The number of carbonyl (C=O) groups is 1. The van der Waals surface area contributed by atoms with Crippen molar-refractivity contribution in [3.63, 3.8) is 0 Å². The SMILES string of the molecule is Cc1noc(C)c1S(=O)(=O)NC1(C(=O)N2CCNCC2)CCCC1.Cl. The molecule has 1 saturated heterocycles. The van der Waals surface area contributed by atoms with Crippen LogP contribution in [0.4, 0.5) is 0 Å². The Morgan fingerprint density at radius 2 is 1.84 bits per heavy atom. The predicted molar refractivity (Wildman–Crippen MR) is 94.2 cm³/mol. The first kappa shape index (κ1) is 20.2. The summed E-state index contributed by atoms with van der Waals surface area (Å²) in [7, 11) is -3.87. The van der Waals surface area contributed by atoms with Gasteiger partial charge in [0, 0.05) is 26.2 Å². The first-order chi connectivity index (χ1) is 11.4. The smallest absolute Gasteiger partial charge is 0.246 e. The zero-order valence-corrected chi connectivity index (χ0v) is 16.1. The lowest BCUT2D eigenvalue weighted by atomic mass is 9.97. The summed E-state index contributed by atoms with van der Waals surface area (Å²) in [6, 6.07) is 0. The van der Waals surface area contributed by atoms with E-state index in [0.29, 0.717) is 31.6 Å². The van der Waals surface area contributed by atoms with Gasteiger partial charge < -0.3 is 14.7 Å². The van der Waals surface area contributed by atoms with Crippen molar-refractivity contribution in [1.29, 1.82) is 0 Å². The molecule has 1 aromatic heterocycles. The second-order valence-electron chi connectivity index (χ2n) is 6.59. The van der Waals surface area contributed by atoms with E-state index in [4.69, 9.17) is 4.52 Å². The molecule has 0 radical (unpaired) electrons. The lowest BCUT2D eigenvalue weighted by molar-refractivity contribution is -0.138. The number of halogens is 1. The van der Waals surface area contributed by atoms with Gasteiger partial charge >= 0.3 is 0 Å². The van der Waals surface area contributed by atoms with Gasteiger partial charge in [-0.3, -0.25) is 4.79 Å². The number of sulfonamides is 1. The highest BCUT2D eigenvalue weighted by Crippen LogP contribution is 2.34. The maximum absolute atomic E-state index is 13.1. The van der Waals surface area contributed by atoms with Crippen LogP contribution in [0.15, 0.2) is 9.42 Å². The summed E-state index contributed by atoms with van der Waals surface area (Å²) < 4.78 is 33.5. The van der Waals surface area contributed by atoms with Crippen LogP contribution in [-0.4, -0.2) is 56.1 Å². The summed E-state index contributed by atoms with van der Waals surface area (Å²) >= 11 is 0. The van der Waals surface area contributed by atoms with E-state index in [9.17, 15) is 13.2 Å². The third kappa shape index (κ3) is 3.84. The van der Waals surface area contributed by atoms with Crippen LogP contribution in [0.2, 0.25) is 0 Å². The summed E-state index contributed by atoms with van der Waals surface area (Å²) in [5, 5.41) is 6.92. The lowest BCUT2D eigenvalue weighted by Crippen LogP contribution is -2.60. The minimum atomic E-state index is -3.87. The van der Waals surface area contributed by atoms with Gasteiger partial charge in [0.15, 0.2) is 5.76 Å². The van der Waals surface area contributed by atoms with Crippen LogP contribution in [0.5, 0.6) is 0 Å². The molecule has 1 aliphatic carbocycles. The molecule has 1 aromatic rings. The van der Waals surface area contributed by atoms with Crippen molar-refractivity contribution < 1.29 is 17.7 Å². The van der Waals surface area contributed by atoms with Gasteiger partial charge in [0.05, 0.1) is 0 Å². The average Bonchev–Trinajstić information content (AvgIpc) is 3.14. The minimum absolute atomic E-state index is 0. The largest absolute Gasteiger partial charge is 0.360 e. The van der Waals surface area contributed by atoms with Gasteiger partial charge in [-0.05, 0) is 26.7 Å². The number of aryl methyl sites for hydroxylation is 2.